The molecule has 0 radical (unpaired) electrons. The summed E-state index contributed by atoms with van der Waals surface area (Å²) < 4.78 is 12.5. The van der Waals surface area contributed by atoms with E-state index in [2.05, 4.69) is 15.6 Å². The second-order valence-corrected chi connectivity index (χ2v) is 10.6. The van der Waals surface area contributed by atoms with Crippen LogP contribution >= 0.6 is 11.3 Å². The summed E-state index contributed by atoms with van der Waals surface area (Å²) in [6.07, 6.45) is 0.723. The fourth-order valence-electron chi connectivity index (χ4n) is 4.13. The maximum atomic E-state index is 14.0. The molecule has 4 rings (SSSR count). The summed E-state index contributed by atoms with van der Waals surface area (Å²) in [6, 6.07) is 15.7. The number of nitrogens with zero attached hydrogens (tertiary/aromatic N) is 4. The molecule has 4 aromatic rings. The molecule has 10 heteroatoms. The molecule has 200 valence electrons. The van der Waals surface area contributed by atoms with E-state index < -0.39 is 11.6 Å². The van der Waals surface area contributed by atoms with Crippen molar-refractivity contribution < 1.29 is 19.1 Å². The van der Waals surface area contributed by atoms with Crippen LogP contribution in [-0.4, -0.2) is 51.5 Å². The highest BCUT2D eigenvalue weighted by Gasteiger charge is 2.35. The number of aromatic nitrogens is 3. The minimum Gasteiger partial charge on any atom is -0.493 e. The summed E-state index contributed by atoms with van der Waals surface area (Å²) in [5, 5.41) is 13.5. The lowest BCUT2D eigenvalue weighted by Gasteiger charge is -2.34. The molecule has 0 saturated carbocycles. The van der Waals surface area contributed by atoms with Crippen LogP contribution in [0.2, 0.25) is 0 Å². The van der Waals surface area contributed by atoms with Gasteiger partial charge in [-0.25, -0.2) is 4.68 Å². The number of hydrogen-bond donors (Lipinski definition) is 1. The van der Waals surface area contributed by atoms with E-state index in [-0.39, 0.29) is 24.9 Å². The lowest BCUT2D eigenvalue weighted by molar-refractivity contribution is -0.142. The topological polar surface area (TPSA) is 98.6 Å². The van der Waals surface area contributed by atoms with Gasteiger partial charge in [0.15, 0.2) is 11.5 Å². The Kier molecular flexibility index (Phi) is 8.31. The summed E-state index contributed by atoms with van der Waals surface area (Å²) in [5.41, 5.74) is 1.59. The second kappa shape index (κ2) is 11.6. The van der Waals surface area contributed by atoms with Gasteiger partial charge in [0, 0.05) is 10.4 Å². The maximum absolute atomic E-state index is 14.0. The van der Waals surface area contributed by atoms with E-state index in [1.165, 1.54) is 11.3 Å². The number of para-hydroxylation sites is 1. The van der Waals surface area contributed by atoms with E-state index in [1.54, 1.807) is 42.0 Å². The predicted molar refractivity (Wildman–Crippen MR) is 147 cm³/mol. The zero-order valence-corrected chi connectivity index (χ0v) is 23.1. The first-order valence-electron chi connectivity index (χ1n) is 12.4. The standard InChI is InChI=1S/C28H33N5O4S/c1-6-28(2,3)29-27(35)26(19-13-14-23(36-4)24(16-19)37-5)32(17-20-10-9-15-38-20)25(34)18-33-22-12-8-7-11-21(22)30-31-33/h7-16,26H,6,17-18H2,1-5H3,(H,29,35)/t26-/m0/s1. The third kappa shape index (κ3) is 5.96. The fourth-order valence-corrected chi connectivity index (χ4v) is 4.84. The van der Waals surface area contributed by atoms with E-state index in [1.807, 2.05) is 62.5 Å². The summed E-state index contributed by atoms with van der Waals surface area (Å²) in [5.74, 6) is 0.466. The van der Waals surface area contributed by atoms with Gasteiger partial charge in [-0.05, 0) is 61.5 Å². The molecule has 0 fully saturated rings. The number of nitrogens with one attached hydrogen (secondary N) is 1. The first kappa shape index (κ1) is 27.1. The Bertz CT molecular complexity index is 1400. The highest BCUT2D eigenvalue weighted by atomic mass is 32.1. The van der Waals surface area contributed by atoms with E-state index in [0.717, 1.165) is 16.8 Å². The Labute approximate surface area is 226 Å². The molecule has 0 unspecified atom stereocenters. The molecule has 0 aliphatic heterocycles. The molecule has 0 bridgehead atoms. The highest BCUT2D eigenvalue weighted by Crippen LogP contribution is 2.34. The Morgan fingerprint density at radius 1 is 1.08 bits per heavy atom. The van der Waals surface area contributed by atoms with E-state index in [0.29, 0.717) is 22.6 Å². The average Bonchev–Trinajstić information content (AvgIpc) is 3.58. The van der Waals surface area contributed by atoms with Crippen molar-refractivity contribution in [3.05, 3.63) is 70.4 Å². The van der Waals surface area contributed by atoms with Gasteiger partial charge in [0.2, 0.25) is 11.8 Å². The minimum atomic E-state index is -0.926. The molecule has 0 aliphatic carbocycles. The summed E-state index contributed by atoms with van der Waals surface area (Å²) in [6.45, 7) is 6.12. The van der Waals surface area contributed by atoms with Gasteiger partial charge in [0.1, 0.15) is 18.1 Å². The van der Waals surface area contributed by atoms with Crippen LogP contribution in [0.5, 0.6) is 11.5 Å². The lowest BCUT2D eigenvalue weighted by Crippen LogP contribution is -2.50. The number of carbonyl (C=O) groups is 2. The molecule has 0 aliphatic rings. The normalized spacial score (nSPS) is 12.2. The van der Waals surface area contributed by atoms with E-state index in [4.69, 9.17) is 9.47 Å². The zero-order valence-electron chi connectivity index (χ0n) is 22.3. The van der Waals surface area contributed by atoms with Gasteiger partial charge in [-0.2, -0.15) is 0 Å². The molecule has 2 aromatic carbocycles. The van der Waals surface area contributed by atoms with E-state index >= 15 is 0 Å². The number of thiophene rings is 1. The van der Waals surface area contributed by atoms with Crippen molar-refractivity contribution in [3.63, 3.8) is 0 Å². The number of rotatable bonds is 11. The van der Waals surface area contributed by atoms with Crippen molar-refractivity contribution in [1.82, 2.24) is 25.2 Å². The maximum Gasteiger partial charge on any atom is 0.247 e. The number of fused-ring (bicyclic) bond motifs is 1. The third-order valence-electron chi connectivity index (χ3n) is 6.56. The van der Waals surface area contributed by atoms with Crippen LogP contribution in [0.15, 0.2) is 60.0 Å². The second-order valence-electron chi connectivity index (χ2n) is 9.58. The number of carbonyl (C=O) groups excluding carboxylic acids is 2. The van der Waals surface area contributed by atoms with Gasteiger partial charge >= 0.3 is 0 Å². The van der Waals surface area contributed by atoms with E-state index in [9.17, 15) is 9.59 Å². The number of benzene rings is 2. The molecule has 0 spiro atoms. The van der Waals surface area contributed by atoms with Crippen LogP contribution in [0, 0.1) is 0 Å². The van der Waals surface area contributed by atoms with Gasteiger partial charge in [0.25, 0.3) is 0 Å². The summed E-state index contributed by atoms with van der Waals surface area (Å²) >= 11 is 1.53. The van der Waals surface area contributed by atoms with Gasteiger partial charge in [0.05, 0.1) is 26.3 Å². The van der Waals surface area contributed by atoms with Crippen molar-refractivity contribution in [1.29, 1.82) is 0 Å². The van der Waals surface area contributed by atoms with Crippen molar-refractivity contribution in [2.45, 2.75) is 51.9 Å². The number of hydrogen-bond acceptors (Lipinski definition) is 7. The van der Waals surface area contributed by atoms with Gasteiger partial charge < -0.3 is 19.7 Å². The predicted octanol–water partition coefficient (Wildman–Crippen LogP) is 4.58. The van der Waals surface area contributed by atoms with Crippen LogP contribution in [0.3, 0.4) is 0 Å². The van der Waals surface area contributed by atoms with Crippen molar-refractivity contribution in [3.8, 4) is 11.5 Å². The van der Waals surface area contributed by atoms with Crippen LogP contribution < -0.4 is 14.8 Å². The van der Waals surface area contributed by atoms with Crippen molar-refractivity contribution in [2.24, 2.45) is 0 Å². The minimum absolute atomic E-state index is 0.0693. The first-order chi connectivity index (χ1) is 18.3. The Morgan fingerprint density at radius 3 is 2.53 bits per heavy atom. The molecule has 2 aromatic heterocycles. The highest BCUT2D eigenvalue weighted by molar-refractivity contribution is 7.09. The van der Waals surface area contributed by atoms with Crippen LogP contribution in [0.4, 0.5) is 0 Å². The quantitative estimate of drug-likeness (QED) is 0.302. The fraction of sp³-hybridized carbons (Fsp3) is 0.357. The van der Waals surface area contributed by atoms with Gasteiger partial charge in [-0.3, -0.25) is 9.59 Å². The smallest absolute Gasteiger partial charge is 0.247 e. The largest absolute Gasteiger partial charge is 0.493 e. The Hall–Kier alpha value is -3.92. The van der Waals surface area contributed by atoms with Crippen LogP contribution in [0.25, 0.3) is 11.0 Å². The molecule has 1 atom stereocenters. The monoisotopic (exact) mass is 535 g/mol. The molecule has 38 heavy (non-hydrogen) atoms. The average molecular weight is 536 g/mol. The molecule has 2 amide bonds. The number of methoxy groups -OCH3 is 2. The third-order valence-corrected chi connectivity index (χ3v) is 7.42. The SMILES string of the molecule is CCC(C)(C)NC(=O)[C@H](c1ccc(OC)c(OC)c1)N(Cc1cccs1)C(=O)Cn1nnc2ccccc21. The Balaban J connectivity index is 1.79. The molecule has 9 nitrogen and oxygen atoms in total. The molecule has 2 heterocycles. The molecular formula is C28H33N5O4S. The molecule has 0 saturated heterocycles. The zero-order chi connectivity index (χ0) is 27.3. The van der Waals surface area contributed by atoms with Crippen LogP contribution in [-0.2, 0) is 22.7 Å². The van der Waals surface area contributed by atoms with Crippen molar-refractivity contribution in [2.75, 3.05) is 14.2 Å². The Morgan fingerprint density at radius 2 is 1.84 bits per heavy atom. The summed E-state index contributed by atoms with van der Waals surface area (Å²) in [7, 11) is 3.10. The van der Waals surface area contributed by atoms with Gasteiger partial charge in [-0.15, -0.1) is 16.4 Å². The van der Waals surface area contributed by atoms with Gasteiger partial charge in [-0.1, -0.05) is 36.4 Å². The van der Waals surface area contributed by atoms with Crippen LogP contribution in [0.1, 0.15) is 43.7 Å². The lowest BCUT2D eigenvalue weighted by atomic mass is 9.98. The molecule has 1 N–H and O–H groups in total. The first-order valence-corrected chi connectivity index (χ1v) is 13.3. The van der Waals surface area contributed by atoms with Crippen molar-refractivity contribution >= 4 is 34.2 Å². The summed E-state index contributed by atoms with van der Waals surface area (Å²) in [4.78, 5) is 30.5. The number of ether oxygens (including phenoxy) is 2. The molecular weight excluding hydrogens is 502 g/mol. The number of amides is 2.